The van der Waals surface area contributed by atoms with Gasteiger partial charge in [0, 0.05) is 5.56 Å². The average molecular weight is 240 g/mol. The number of carboxylic acids is 1. The lowest BCUT2D eigenvalue weighted by Crippen LogP contribution is -2.23. The number of hydrogen-bond donors (Lipinski definition) is 0. The van der Waals surface area contributed by atoms with Gasteiger partial charge in [-0.15, -0.1) is 0 Å². The Kier molecular flexibility index (Phi) is 3.07. The predicted octanol–water partition coefficient (Wildman–Crippen LogP) is 1.73. The van der Waals surface area contributed by atoms with Crippen LogP contribution in [0.5, 0.6) is 0 Å². The first kappa shape index (κ1) is 11.8. The van der Waals surface area contributed by atoms with Crippen molar-refractivity contribution in [1.29, 1.82) is 5.26 Å². The monoisotopic (exact) mass is 240 g/mol. The van der Waals surface area contributed by atoms with Gasteiger partial charge in [-0.1, -0.05) is 18.2 Å². The molecule has 0 saturated carbocycles. The van der Waals surface area contributed by atoms with Gasteiger partial charge in [0.1, 0.15) is 5.82 Å². The van der Waals surface area contributed by atoms with Crippen LogP contribution < -0.4 is 5.11 Å². The minimum absolute atomic E-state index is 0.465. The largest absolute Gasteiger partial charge is 0.545 e. The zero-order valence-electron chi connectivity index (χ0n) is 9.18. The van der Waals surface area contributed by atoms with Gasteiger partial charge in [0.05, 0.1) is 17.6 Å². The molecule has 3 nitrogen and oxygen atoms in total. The maximum absolute atomic E-state index is 13.5. The highest BCUT2D eigenvalue weighted by atomic mass is 19.1. The Hall–Kier alpha value is -2.67. The quantitative estimate of drug-likeness (QED) is 0.802. The summed E-state index contributed by atoms with van der Waals surface area (Å²) in [6.07, 6.45) is 0. The second-order valence-electron chi connectivity index (χ2n) is 3.67. The first-order valence-electron chi connectivity index (χ1n) is 5.13. The van der Waals surface area contributed by atoms with Crippen molar-refractivity contribution in [3.8, 4) is 17.2 Å². The lowest BCUT2D eigenvalue weighted by Gasteiger charge is -2.07. The van der Waals surface area contributed by atoms with Crippen LogP contribution in [0.2, 0.25) is 0 Å². The summed E-state index contributed by atoms with van der Waals surface area (Å²) >= 11 is 0. The van der Waals surface area contributed by atoms with Crippen molar-refractivity contribution < 1.29 is 14.3 Å². The molecule has 0 bridgehead atoms. The van der Waals surface area contributed by atoms with Gasteiger partial charge < -0.3 is 9.90 Å². The summed E-state index contributed by atoms with van der Waals surface area (Å²) in [5, 5.41) is 19.2. The average Bonchev–Trinajstić information content (AvgIpc) is 2.38. The third-order valence-electron chi connectivity index (χ3n) is 2.54. The van der Waals surface area contributed by atoms with E-state index < -0.39 is 17.3 Å². The zero-order valence-corrected chi connectivity index (χ0v) is 9.18. The fourth-order valence-corrected chi connectivity index (χ4v) is 1.60. The molecule has 0 atom stereocenters. The number of aromatic carboxylic acids is 1. The summed E-state index contributed by atoms with van der Waals surface area (Å²) in [6, 6.07) is 12.3. The lowest BCUT2D eigenvalue weighted by molar-refractivity contribution is -0.255. The summed E-state index contributed by atoms with van der Waals surface area (Å²) < 4.78 is 13.5. The topological polar surface area (TPSA) is 63.9 Å². The molecule has 0 aliphatic rings. The first-order valence-corrected chi connectivity index (χ1v) is 5.13. The second-order valence-corrected chi connectivity index (χ2v) is 3.67. The smallest absolute Gasteiger partial charge is 0.132 e. The van der Waals surface area contributed by atoms with Crippen LogP contribution in [0, 0.1) is 17.1 Å². The summed E-state index contributed by atoms with van der Waals surface area (Å²) in [7, 11) is 0. The Bertz CT molecular complexity index is 642. The maximum atomic E-state index is 13.5. The van der Waals surface area contributed by atoms with Crippen LogP contribution in [0.1, 0.15) is 15.9 Å². The molecule has 0 spiro atoms. The Labute approximate surface area is 103 Å². The molecule has 0 radical (unpaired) electrons. The molecule has 2 rings (SSSR count). The van der Waals surface area contributed by atoms with Crippen LogP contribution in [0.3, 0.4) is 0 Å². The Morgan fingerprint density at radius 1 is 1.11 bits per heavy atom. The van der Waals surface area contributed by atoms with E-state index in [1.54, 1.807) is 24.3 Å². The van der Waals surface area contributed by atoms with Gasteiger partial charge in [-0.2, -0.15) is 5.26 Å². The van der Waals surface area contributed by atoms with Crippen LogP contribution in [-0.2, 0) is 0 Å². The minimum Gasteiger partial charge on any atom is -0.545 e. The van der Waals surface area contributed by atoms with Crippen LogP contribution in [0.4, 0.5) is 4.39 Å². The summed E-state index contributed by atoms with van der Waals surface area (Å²) in [6.45, 7) is 0. The van der Waals surface area contributed by atoms with E-state index in [0.29, 0.717) is 16.7 Å². The van der Waals surface area contributed by atoms with Gasteiger partial charge in [-0.3, -0.25) is 0 Å². The Balaban J connectivity index is 2.42. The number of benzene rings is 2. The molecule has 0 unspecified atom stereocenters. The third kappa shape index (κ3) is 2.20. The molecule has 0 fully saturated rings. The number of nitrogens with zero attached hydrogens (tertiary/aromatic N) is 1. The number of nitriles is 1. The third-order valence-corrected chi connectivity index (χ3v) is 2.54. The molecule has 88 valence electrons. The fraction of sp³-hybridized carbons (Fsp3) is 0. The Morgan fingerprint density at radius 2 is 1.72 bits per heavy atom. The van der Waals surface area contributed by atoms with Crippen molar-refractivity contribution in [2.75, 3.05) is 0 Å². The molecule has 0 N–H and O–H groups in total. The molecule has 0 aromatic heterocycles. The number of carbonyl (C=O) groups is 1. The van der Waals surface area contributed by atoms with Crippen molar-refractivity contribution in [2.45, 2.75) is 0 Å². The van der Waals surface area contributed by atoms with Crippen LogP contribution >= 0.6 is 0 Å². The molecule has 0 aliphatic heterocycles. The summed E-state index contributed by atoms with van der Waals surface area (Å²) in [5.41, 5.74) is 1.29. The molecule has 2 aromatic carbocycles. The number of hydrogen-bond acceptors (Lipinski definition) is 3. The van der Waals surface area contributed by atoms with E-state index in [-0.39, 0.29) is 0 Å². The van der Waals surface area contributed by atoms with E-state index >= 15 is 0 Å². The molecule has 0 saturated heterocycles. The van der Waals surface area contributed by atoms with Crippen LogP contribution in [0.25, 0.3) is 11.1 Å². The molecule has 0 heterocycles. The fourth-order valence-electron chi connectivity index (χ4n) is 1.60. The zero-order chi connectivity index (χ0) is 13.1. The van der Waals surface area contributed by atoms with Gasteiger partial charge >= 0.3 is 0 Å². The molecular formula is C14H7FNO2-. The number of rotatable bonds is 2. The highest BCUT2D eigenvalue weighted by Crippen LogP contribution is 2.22. The molecule has 0 aliphatic carbocycles. The van der Waals surface area contributed by atoms with Crippen molar-refractivity contribution in [3.63, 3.8) is 0 Å². The van der Waals surface area contributed by atoms with E-state index in [1.807, 2.05) is 6.07 Å². The van der Waals surface area contributed by atoms with Gasteiger partial charge in [0.15, 0.2) is 0 Å². The van der Waals surface area contributed by atoms with Crippen molar-refractivity contribution in [2.24, 2.45) is 0 Å². The predicted molar refractivity (Wildman–Crippen MR) is 60.9 cm³/mol. The first-order chi connectivity index (χ1) is 8.61. The number of halogens is 1. The second kappa shape index (κ2) is 4.68. The van der Waals surface area contributed by atoms with Gasteiger partial charge in [0.25, 0.3) is 0 Å². The molecule has 4 heteroatoms. The van der Waals surface area contributed by atoms with E-state index in [0.717, 1.165) is 12.1 Å². The van der Waals surface area contributed by atoms with E-state index in [1.165, 1.54) is 6.07 Å². The van der Waals surface area contributed by atoms with Crippen molar-refractivity contribution >= 4 is 5.97 Å². The van der Waals surface area contributed by atoms with E-state index in [2.05, 4.69) is 0 Å². The maximum Gasteiger partial charge on any atom is 0.132 e. The van der Waals surface area contributed by atoms with E-state index in [4.69, 9.17) is 5.26 Å². The number of carbonyl (C=O) groups excluding carboxylic acids is 1. The van der Waals surface area contributed by atoms with Crippen LogP contribution in [0.15, 0.2) is 42.5 Å². The standard InChI is InChI=1S/C14H8FNO2/c15-13-7-11(5-6-12(13)14(17)18)10-3-1-9(8-16)2-4-10/h1-7H,(H,17,18)/p-1. The van der Waals surface area contributed by atoms with Gasteiger partial charge in [-0.05, 0) is 35.4 Å². The molecule has 18 heavy (non-hydrogen) atoms. The summed E-state index contributed by atoms with van der Waals surface area (Å²) in [4.78, 5) is 10.6. The lowest BCUT2D eigenvalue weighted by atomic mass is 10.0. The Morgan fingerprint density at radius 3 is 2.22 bits per heavy atom. The molecular weight excluding hydrogens is 233 g/mol. The molecule has 2 aromatic rings. The van der Waals surface area contributed by atoms with Crippen LogP contribution in [-0.4, -0.2) is 5.97 Å². The summed E-state index contributed by atoms with van der Waals surface area (Å²) in [5.74, 6) is -2.38. The minimum atomic E-state index is -1.54. The van der Waals surface area contributed by atoms with Crippen molar-refractivity contribution in [3.05, 3.63) is 59.4 Å². The SMILES string of the molecule is N#Cc1ccc(-c2ccc(C(=O)[O-])c(F)c2)cc1. The normalized spacial score (nSPS) is 9.78. The molecule has 0 amide bonds. The highest BCUT2D eigenvalue weighted by Gasteiger charge is 2.05. The van der Waals surface area contributed by atoms with Gasteiger partial charge in [0.2, 0.25) is 0 Å². The number of carboxylic acid groups (broad SMARTS) is 1. The van der Waals surface area contributed by atoms with Crippen molar-refractivity contribution in [1.82, 2.24) is 0 Å². The van der Waals surface area contributed by atoms with E-state index in [9.17, 15) is 14.3 Å². The van der Waals surface area contributed by atoms with Gasteiger partial charge in [-0.25, -0.2) is 4.39 Å². The highest BCUT2D eigenvalue weighted by molar-refractivity contribution is 5.87.